The fourth-order valence-corrected chi connectivity index (χ4v) is 2.68. The number of ether oxygens (including phenoxy) is 1. The highest BCUT2D eigenvalue weighted by Gasteiger charge is 2.12. The number of nitrogens with zero attached hydrogens (tertiary/aromatic N) is 1. The Hall–Kier alpha value is -1.13. The summed E-state index contributed by atoms with van der Waals surface area (Å²) < 4.78 is 5.40. The highest BCUT2D eigenvalue weighted by molar-refractivity contribution is 7.80. The van der Waals surface area contributed by atoms with Crippen LogP contribution in [0, 0.1) is 5.92 Å². The Labute approximate surface area is 134 Å². The Kier molecular flexibility index (Phi) is 7.68. The Balaban J connectivity index is 2.83. The van der Waals surface area contributed by atoms with Crippen LogP contribution >= 0.6 is 12.2 Å². The van der Waals surface area contributed by atoms with Crippen LogP contribution in [0.2, 0.25) is 0 Å². The van der Waals surface area contributed by atoms with Gasteiger partial charge in [-0.05, 0) is 30.2 Å². The van der Waals surface area contributed by atoms with Crippen LogP contribution in [0.4, 0.5) is 0 Å². The minimum absolute atomic E-state index is 0.378. The first-order chi connectivity index (χ1) is 10.0. The Morgan fingerprint density at radius 3 is 2.43 bits per heavy atom. The Morgan fingerprint density at radius 2 is 1.95 bits per heavy atom. The second-order valence-electron chi connectivity index (χ2n) is 5.41. The maximum absolute atomic E-state index is 5.71. The first-order valence-corrected chi connectivity index (χ1v) is 8.15. The van der Waals surface area contributed by atoms with Gasteiger partial charge in [0.1, 0.15) is 10.7 Å². The number of benzene rings is 1. The van der Waals surface area contributed by atoms with Crippen LogP contribution in [0.3, 0.4) is 0 Å². The number of nitrogens with two attached hydrogens (primary N) is 1. The van der Waals surface area contributed by atoms with Crippen molar-refractivity contribution in [1.82, 2.24) is 4.90 Å². The van der Waals surface area contributed by atoms with Crippen molar-refractivity contribution in [2.75, 3.05) is 20.2 Å². The number of methoxy groups -OCH3 is 1. The molecule has 118 valence electrons. The van der Waals surface area contributed by atoms with E-state index in [1.165, 1.54) is 18.4 Å². The van der Waals surface area contributed by atoms with Crippen molar-refractivity contribution in [3.63, 3.8) is 0 Å². The summed E-state index contributed by atoms with van der Waals surface area (Å²) in [5.41, 5.74) is 7.75. The van der Waals surface area contributed by atoms with E-state index < -0.39 is 0 Å². The maximum atomic E-state index is 5.71. The van der Waals surface area contributed by atoms with Crippen LogP contribution in [0.1, 0.15) is 44.7 Å². The van der Waals surface area contributed by atoms with Crippen LogP contribution in [0.25, 0.3) is 0 Å². The van der Waals surface area contributed by atoms with Crippen LogP contribution in [0.15, 0.2) is 18.2 Å². The van der Waals surface area contributed by atoms with E-state index in [4.69, 9.17) is 22.7 Å². The summed E-state index contributed by atoms with van der Waals surface area (Å²) in [5.74, 6) is 1.53. The molecular formula is C17H28N2OS. The van der Waals surface area contributed by atoms with E-state index in [-0.39, 0.29) is 0 Å². The third-order valence-corrected chi connectivity index (χ3v) is 4.28. The second-order valence-corrected chi connectivity index (χ2v) is 5.85. The molecule has 0 heterocycles. The zero-order valence-electron chi connectivity index (χ0n) is 13.7. The lowest BCUT2D eigenvalue weighted by Crippen LogP contribution is -2.28. The van der Waals surface area contributed by atoms with Gasteiger partial charge in [0.25, 0.3) is 0 Å². The minimum Gasteiger partial charge on any atom is -0.496 e. The van der Waals surface area contributed by atoms with E-state index in [9.17, 15) is 0 Å². The van der Waals surface area contributed by atoms with Gasteiger partial charge in [0.05, 0.1) is 12.7 Å². The topological polar surface area (TPSA) is 38.5 Å². The normalized spacial score (nSPS) is 11.1. The van der Waals surface area contributed by atoms with Crippen molar-refractivity contribution in [2.45, 2.75) is 40.2 Å². The third kappa shape index (κ3) is 5.29. The number of rotatable bonds is 9. The molecule has 0 atom stereocenters. The van der Waals surface area contributed by atoms with Gasteiger partial charge in [0.2, 0.25) is 0 Å². The molecule has 0 radical (unpaired) electrons. The average molecular weight is 308 g/mol. The zero-order valence-corrected chi connectivity index (χ0v) is 14.5. The number of thiocarbonyl (C=S) groups is 1. The molecule has 3 nitrogen and oxygen atoms in total. The third-order valence-electron chi connectivity index (χ3n) is 4.06. The van der Waals surface area contributed by atoms with E-state index in [1.807, 2.05) is 12.1 Å². The fourth-order valence-electron chi connectivity index (χ4n) is 2.51. The number of hydrogen-bond donors (Lipinski definition) is 1. The Bertz CT molecular complexity index is 458. The van der Waals surface area contributed by atoms with Crippen molar-refractivity contribution >= 4 is 17.2 Å². The first kappa shape index (κ1) is 17.9. The molecule has 0 amide bonds. The lowest BCUT2D eigenvalue weighted by Gasteiger charge is -2.25. The van der Waals surface area contributed by atoms with Crippen molar-refractivity contribution in [3.05, 3.63) is 29.3 Å². The minimum atomic E-state index is 0.378. The summed E-state index contributed by atoms with van der Waals surface area (Å²) in [7, 11) is 1.66. The average Bonchev–Trinajstić information content (AvgIpc) is 2.50. The molecule has 0 unspecified atom stereocenters. The molecule has 2 N–H and O–H groups in total. The molecule has 0 aromatic heterocycles. The smallest absolute Gasteiger partial charge is 0.129 e. The van der Waals surface area contributed by atoms with E-state index >= 15 is 0 Å². The predicted molar refractivity (Wildman–Crippen MR) is 93.9 cm³/mol. The fraction of sp³-hybridized carbons (Fsp3) is 0.588. The molecule has 0 aliphatic rings. The van der Waals surface area contributed by atoms with E-state index in [0.29, 0.717) is 4.99 Å². The monoisotopic (exact) mass is 308 g/mol. The van der Waals surface area contributed by atoms with E-state index in [2.05, 4.69) is 31.7 Å². The lowest BCUT2D eigenvalue weighted by atomic mass is 10.0. The van der Waals surface area contributed by atoms with Crippen LogP contribution < -0.4 is 10.5 Å². The highest BCUT2D eigenvalue weighted by Crippen LogP contribution is 2.21. The first-order valence-electron chi connectivity index (χ1n) is 7.74. The molecule has 0 fully saturated rings. The number of hydrogen-bond acceptors (Lipinski definition) is 3. The van der Waals surface area contributed by atoms with Gasteiger partial charge in [-0.2, -0.15) is 0 Å². The largest absolute Gasteiger partial charge is 0.496 e. The van der Waals surface area contributed by atoms with Gasteiger partial charge in [-0.15, -0.1) is 0 Å². The summed E-state index contributed by atoms with van der Waals surface area (Å²) >= 11 is 5.05. The van der Waals surface area contributed by atoms with Gasteiger partial charge in [-0.1, -0.05) is 51.9 Å². The quantitative estimate of drug-likeness (QED) is 0.708. The lowest BCUT2D eigenvalue weighted by molar-refractivity contribution is 0.226. The molecule has 1 rings (SSSR count). The molecular weight excluding hydrogens is 280 g/mol. The molecule has 1 aromatic carbocycles. The molecule has 21 heavy (non-hydrogen) atoms. The van der Waals surface area contributed by atoms with Crippen LogP contribution in [-0.2, 0) is 6.54 Å². The summed E-state index contributed by atoms with van der Waals surface area (Å²) in [5, 5.41) is 0. The van der Waals surface area contributed by atoms with Gasteiger partial charge in [-0.3, -0.25) is 4.90 Å². The van der Waals surface area contributed by atoms with Gasteiger partial charge in [0, 0.05) is 13.1 Å². The maximum Gasteiger partial charge on any atom is 0.129 e. The molecule has 0 spiro atoms. The molecule has 0 aliphatic heterocycles. The van der Waals surface area contributed by atoms with E-state index in [0.717, 1.165) is 36.9 Å². The van der Waals surface area contributed by atoms with Crippen molar-refractivity contribution in [1.29, 1.82) is 0 Å². The highest BCUT2D eigenvalue weighted by atomic mass is 32.1. The molecule has 0 aliphatic carbocycles. The van der Waals surface area contributed by atoms with E-state index in [1.54, 1.807) is 7.11 Å². The van der Waals surface area contributed by atoms with Gasteiger partial charge >= 0.3 is 0 Å². The molecule has 0 bridgehead atoms. The SMILES string of the molecule is CCC(CC)CN(CC)Cc1ccc(C(N)=S)c(OC)c1. The summed E-state index contributed by atoms with van der Waals surface area (Å²) in [6, 6.07) is 6.10. The standard InChI is InChI=1S/C17H28N2OS/c1-5-13(6-2)11-19(7-3)12-14-8-9-15(17(18)21)16(10-14)20-4/h8-10,13H,5-7,11-12H2,1-4H3,(H2,18,21). The van der Waals surface area contributed by atoms with Crippen molar-refractivity contribution < 1.29 is 4.74 Å². The summed E-state index contributed by atoms with van der Waals surface area (Å²) in [6.45, 7) is 9.87. The van der Waals surface area contributed by atoms with Gasteiger partial charge in [0.15, 0.2) is 0 Å². The summed E-state index contributed by atoms with van der Waals surface area (Å²) in [4.78, 5) is 2.86. The van der Waals surface area contributed by atoms with Crippen LogP contribution in [-0.4, -0.2) is 30.1 Å². The van der Waals surface area contributed by atoms with Crippen molar-refractivity contribution in [2.24, 2.45) is 11.7 Å². The van der Waals surface area contributed by atoms with Crippen LogP contribution in [0.5, 0.6) is 5.75 Å². The summed E-state index contributed by atoms with van der Waals surface area (Å²) in [6.07, 6.45) is 2.47. The van der Waals surface area contributed by atoms with Gasteiger partial charge in [-0.25, -0.2) is 0 Å². The molecule has 0 saturated carbocycles. The molecule has 4 heteroatoms. The van der Waals surface area contributed by atoms with Gasteiger partial charge < -0.3 is 10.5 Å². The molecule has 1 aromatic rings. The predicted octanol–water partition coefficient (Wildman–Crippen LogP) is 3.59. The van der Waals surface area contributed by atoms with Crippen molar-refractivity contribution in [3.8, 4) is 5.75 Å². The molecule has 0 saturated heterocycles. The second kappa shape index (κ2) is 9.00. The zero-order chi connectivity index (χ0) is 15.8. The Morgan fingerprint density at radius 1 is 1.29 bits per heavy atom.